The van der Waals surface area contributed by atoms with Crippen LogP contribution in [0.3, 0.4) is 0 Å². The van der Waals surface area contributed by atoms with Gasteiger partial charge < -0.3 is 9.15 Å². The first-order valence-corrected chi connectivity index (χ1v) is 8.16. The van der Waals surface area contributed by atoms with Crippen LogP contribution in [0.2, 0.25) is 0 Å². The van der Waals surface area contributed by atoms with Crippen LogP contribution in [0.5, 0.6) is 0 Å². The lowest BCUT2D eigenvalue weighted by Gasteiger charge is -2.09. The van der Waals surface area contributed by atoms with Gasteiger partial charge in [-0.1, -0.05) is 30.3 Å². The highest BCUT2D eigenvalue weighted by Gasteiger charge is 2.13. The van der Waals surface area contributed by atoms with Crippen molar-refractivity contribution in [2.45, 2.75) is 13.5 Å². The Kier molecular flexibility index (Phi) is 3.97. The Morgan fingerprint density at radius 3 is 2.77 bits per heavy atom. The molecule has 0 aliphatic rings. The quantitative estimate of drug-likeness (QED) is 0.319. The van der Waals surface area contributed by atoms with Gasteiger partial charge in [0.1, 0.15) is 12.2 Å². The van der Waals surface area contributed by atoms with Crippen molar-refractivity contribution in [3.05, 3.63) is 88.0 Å². The minimum Gasteiger partial charge on any atom is -0.457 e. The van der Waals surface area contributed by atoms with E-state index in [9.17, 15) is 9.59 Å². The zero-order valence-corrected chi connectivity index (χ0v) is 14.1. The van der Waals surface area contributed by atoms with Gasteiger partial charge in [-0.15, -0.1) is 0 Å². The molecule has 5 nitrogen and oxygen atoms in total. The molecule has 0 atom stereocenters. The Hall–Kier alpha value is -3.47. The van der Waals surface area contributed by atoms with Gasteiger partial charge in [-0.2, -0.15) is 0 Å². The van der Waals surface area contributed by atoms with Crippen molar-refractivity contribution in [1.29, 1.82) is 0 Å². The van der Waals surface area contributed by atoms with E-state index in [1.165, 1.54) is 12.3 Å². The van der Waals surface area contributed by atoms with Gasteiger partial charge >= 0.3 is 11.6 Å². The second-order valence-electron chi connectivity index (χ2n) is 6.01. The average Bonchev–Trinajstić information content (AvgIpc) is 2.66. The van der Waals surface area contributed by atoms with Gasteiger partial charge in [0.25, 0.3) is 0 Å². The SMILES string of the molecule is Cc1ccc(C(=O)OCc2cc(=O)oc3ccc4ccccc4c23)cn1. The van der Waals surface area contributed by atoms with E-state index in [-0.39, 0.29) is 6.61 Å². The van der Waals surface area contributed by atoms with Crippen LogP contribution >= 0.6 is 0 Å². The molecule has 0 fully saturated rings. The lowest BCUT2D eigenvalue weighted by atomic mass is 10.0. The van der Waals surface area contributed by atoms with Crippen LogP contribution in [0.15, 0.2) is 70.0 Å². The van der Waals surface area contributed by atoms with Gasteiger partial charge in [0.2, 0.25) is 0 Å². The molecule has 0 radical (unpaired) electrons. The highest BCUT2D eigenvalue weighted by atomic mass is 16.5. The first kappa shape index (κ1) is 16.0. The number of pyridine rings is 1. The predicted octanol–water partition coefficient (Wildman–Crippen LogP) is 4.01. The predicted molar refractivity (Wildman–Crippen MR) is 98.1 cm³/mol. The van der Waals surface area contributed by atoms with E-state index in [4.69, 9.17) is 9.15 Å². The monoisotopic (exact) mass is 345 g/mol. The van der Waals surface area contributed by atoms with Crippen molar-refractivity contribution in [2.75, 3.05) is 0 Å². The molecule has 0 aliphatic carbocycles. The fourth-order valence-corrected chi connectivity index (χ4v) is 2.95. The summed E-state index contributed by atoms with van der Waals surface area (Å²) in [6.45, 7) is 1.82. The van der Waals surface area contributed by atoms with Crippen LogP contribution in [0.4, 0.5) is 0 Å². The number of ether oxygens (including phenoxy) is 1. The van der Waals surface area contributed by atoms with Gasteiger partial charge in [0.05, 0.1) is 5.56 Å². The highest BCUT2D eigenvalue weighted by Crippen LogP contribution is 2.27. The van der Waals surface area contributed by atoms with Crippen LogP contribution in [0.1, 0.15) is 21.6 Å². The molecule has 2 heterocycles. The van der Waals surface area contributed by atoms with Crippen molar-refractivity contribution in [2.24, 2.45) is 0 Å². The van der Waals surface area contributed by atoms with E-state index >= 15 is 0 Å². The summed E-state index contributed by atoms with van der Waals surface area (Å²) in [6.07, 6.45) is 1.48. The van der Waals surface area contributed by atoms with Crippen molar-refractivity contribution >= 4 is 27.7 Å². The Labute approximate surface area is 148 Å². The first-order chi connectivity index (χ1) is 12.6. The maximum atomic E-state index is 12.3. The zero-order valence-electron chi connectivity index (χ0n) is 14.1. The number of nitrogens with zero attached hydrogens (tertiary/aromatic N) is 1. The second kappa shape index (κ2) is 6.44. The third-order valence-electron chi connectivity index (χ3n) is 4.22. The molecule has 0 bridgehead atoms. The second-order valence-corrected chi connectivity index (χ2v) is 6.01. The van der Waals surface area contributed by atoms with Crippen molar-refractivity contribution in [3.8, 4) is 0 Å². The Morgan fingerprint density at radius 1 is 1.12 bits per heavy atom. The summed E-state index contributed by atoms with van der Waals surface area (Å²) >= 11 is 0. The number of hydrogen-bond acceptors (Lipinski definition) is 5. The summed E-state index contributed by atoms with van der Waals surface area (Å²) in [6, 6.07) is 16.2. The van der Waals surface area contributed by atoms with E-state index in [1.54, 1.807) is 18.2 Å². The molecule has 0 spiro atoms. The van der Waals surface area contributed by atoms with Crippen molar-refractivity contribution < 1.29 is 13.9 Å². The molecular weight excluding hydrogens is 330 g/mol. The van der Waals surface area contributed by atoms with Crippen molar-refractivity contribution in [1.82, 2.24) is 4.98 Å². The molecule has 5 heteroatoms. The van der Waals surface area contributed by atoms with E-state index in [1.807, 2.05) is 37.3 Å². The number of hydrogen-bond donors (Lipinski definition) is 0. The molecule has 4 aromatic rings. The molecule has 128 valence electrons. The molecule has 0 unspecified atom stereocenters. The smallest absolute Gasteiger partial charge is 0.340 e. The maximum Gasteiger partial charge on any atom is 0.340 e. The first-order valence-electron chi connectivity index (χ1n) is 8.16. The zero-order chi connectivity index (χ0) is 18.1. The van der Waals surface area contributed by atoms with E-state index < -0.39 is 11.6 Å². The minimum atomic E-state index is -0.487. The van der Waals surface area contributed by atoms with Gasteiger partial charge in [-0.05, 0) is 35.9 Å². The van der Waals surface area contributed by atoms with E-state index in [0.29, 0.717) is 16.7 Å². The summed E-state index contributed by atoms with van der Waals surface area (Å²) in [5.41, 5.74) is 1.80. The molecule has 0 saturated carbocycles. The Morgan fingerprint density at radius 2 is 1.96 bits per heavy atom. The third-order valence-corrected chi connectivity index (χ3v) is 4.22. The molecule has 0 amide bonds. The molecule has 26 heavy (non-hydrogen) atoms. The van der Waals surface area contributed by atoms with Gasteiger partial charge in [0.15, 0.2) is 0 Å². The summed E-state index contributed by atoms with van der Waals surface area (Å²) in [5, 5.41) is 2.73. The van der Waals surface area contributed by atoms with Gasteiger partial charge in [-0.25, -0.2) is 9.59 Å². The lowest BCUT2D eigenvalue weighted by molar-refractivity contribution is 0.0473. The van der Waals surface area contributed by atoms with Gasteiger partial charge in [-0.3, -0.25) is 4.98 Å². The maximum absolute atomic E-state index is 12.3. The minimum absolute atomic E-state index is 0.0250. The average molecular weight is 345 g/mol. The van der Waals surface area contributed by atoms with Crippen LogP contribution in [0, 0.1) is 6.92 Å². The number of carbonyl (C=O) groups is 1. The summed E-state index contributed by atoms with van der Waals surface area (Å²) in [5.74, 6) is -0.487. The largest absolute Gasteiger partial charge is 0.457 e. The number of benzene rings is 2. The molecule has 0 N–H and O–H groups in total. The van der Waals surface area contributed by atoms with E-state index in [2.05, 4.69) is 4.98 Å². The number of rotatable bonds is 3. The Bertz CT molecular complexity index is 1180. The van der Waals surface area contributed by atoms with Crippen LogP contribution in [-0.2, 0) is 11.3 Å². The lowest BCUT2D eigenvalue weighted by Crippen LogP contribution is -2.08. The Balaban J connectivity index is 1.73. The molecule has 2 aromatic carbocycles. The molecular formula is C21H15NO4. The number of aryl methyl sites for hydroxylation is 1. The number of fused-ring (bicyclic) bond motifs is 3. The van der Waals surface area contributed by atoms with E-state index in [0.717, 1.165) is 21.9 Å². The number of esters is 1. The van der Waals surface area contributed by atoms with Gasteiger partial charge in [0, 0.05) is 28.9 Å². The molecule has 2 aromatic heterocycles. The summed E-state index contributed by atoms with van der Waals surface area (Å²) in [4.78, 5) is 28.2. The number of aromatic nitrogens is 1. The molecule has 4 rings (SSSR count). The van der Waals surface area contributed by atoms with Crippen LogP contribution < -0.4 is 5.63 Å². The molecule has 0 aliphatic heterocycles. The summed E-state index contributed by atoms with van der Waals surface area (Å²) in [7, 11) is 0. The molecule has 0 saturated heterocycles. The third kappa shape index (κ3) is 2.95. The normalized spacial score (nSPS) is 11.0. The number of carbonyl (C=O) groups excluding carboxylic acids is 1. The van der Waals surface area contributed by atoms with Crippen molar-refractivity contribution in [3.63, 3.8) is 0 Å². The van der Waals surface area contributed by atoms with Crippen LogP contribution in [-0.4, -0.2) is 11.0 Å². The van der Waals surface area contributed by atoms with Crippen LogP contribution in [0.25, 0.3) is 21.7 Å². The fourth-order valence-electron chi connectivity index (χ4n) is 2.95. The standard InChI is InChI=1S/C21H15NO4/c1-13-6-7-15(11-22-13)21(24)25-12-16-10-19(23)26-18-9-8-14-4-2-3-5-17(14)20(16)18/h2-11H,12H2,1H3. The summed E-state index contributed by atoms with van der Waals surface area (Å²) < 4.78 is 10.7. The topological polar surface area (TPSA) is 69.4 Å². The highest BCUT2D eigenvalue weighted by molar-refractivity contribution is 6.07. The fraction of sp³-hybridized carbons (Fsp3) is 0.0952.